The number of hydrogen-bond donors (Lipinski definition) is 1. The number of carbonyl (C=O) groups excluding carboxylic acids is 1. The summed E-state index contributed by atoms with van der Waals surface area (Å²) in [5, 5.41) is 3.34. The number of rotatable bonds is 5. The highest BCUT2D eigenvalue weighted by molar-refractivity contribution is 6.06. The van der Waals surface area contributed by atoms with Gasteiger partial charge in [0, 0.05) is 32.6 Å². The van der Waals surface area contributed by atoms with Crippen LogP contribution in [0.15, 0.2) is 39.7 Å². The Kier molecular flexibility index (Phi) is 5.26. The molecule has 3 heterocycles. The van der Waals surface area contributed by atoms with Gasteiger partial charge in [-0.25, -0.2) is 9.78 Å². The molecule has 1 N–H and O–H groups in total. The molecule has 1 fully saturated rings. The molecule has 9 nitrogen and oxygen atoms in total. The highest BCUT2D eigenvalue weighted by Crippen LogP contribution is 2.27. The fourth-order valence-corrected chi connectivity index (χ4v) is 3.49. The lowest BCUT2D eigenvalue weighted by atomic mass is 10.1. The maximum absolute atomic E-state index is 12.9. The van der Waals surface area contributed by atoms with Crippen LogP contribution in [0.2, 0.25) is 0 Å². The van der Waals surface area contributed by atoms with Gasteiger partial charge in [0.05, 0.1) is 13.3 Å². The minimum atomic E-state index is -0.745. The predicted molar refractivity (Wildman–Crippen MR) is 115 cm³/mol. The van der Waals surface area contributed by atoms with Gasteiger partial charge in [0.2, 0.25) is 5.95 Å². The van der Waals surface area contributed by atoms with Crippen LogP contribution < -0.4 is 25.5 Å². The van der Waals surface area contributed by atoms with Crippen molar-refractivity contribution >= 4 is 34.3 Å². The van der Waals surface area contributed by atoms with Crippen molar-refractivity contribution in [2.24, 2.45) is 0 Å². The summed E-state index contributed by atoms with van der Waals surface area (Å²) in [6, 6.07) is 6.69. The van der Waals surface area contributed by atoms with Crippen molar-refractivity contribution in [1.29, 1.82) is 0 Å². The minimum Gasteiger partial charge on any atom is -0.493 e. The zero-order valence-electron chi connectivity index (χ0n) is 17.1. The average molecular weight is 409 g/mol. The molecule has 0 radical (unpaired) electrons. The zero-order valence-corrected chi connectivity index (χ0v) is 17.1. The van der Waals surface area contributed by atoms with Crippen LogP contribution in [0.5, 0.6) is 5.75 Å². The van der Waals surface area contributed by atoms with E-state index >= 15 is 0 Å². The average Bonchev–Trinajstić information content (AvgIpc) is 3.27. The summed E-state index contributed by atoms with van der Waals surface area (Å²) in [6.45, 7) is 1.83. The van der Waals surface area contributed by atoms with Crippen molar-refractivity contribution in [2.75, 3.05) is 49.4 Å². The number of anilines is 3. The van der Waals surface area contributed by atoms with Crippen molar-refractivity contribution in [1.82, 2.24) is 9.97 Å². The van der Waals surface area contributed by atoms with E-state index in [2.05, 4.69) is 20.2 Å². The van der Waals surface area contributed by atoms with Crippen LogP contribution in [0, 0.1) is 0 Å². The number of methoxy groups -OCH3 is 1. The van der Waals surface area contributed by atoms with Crippen LogP contribution in [0.3, 0.4) is 0 Å². The van der Waals surface area contributed by atoms with E-state index in [4.69, 9.17) is 9.15 Å². The van der Waals surface area contributed by atoms with Gasteiger partial charge in [-0.3, -0.25) is 4.79 Å². The molecule has 30 heavy (non-hydrogen) atoms. The zero-order chi connectivity index (χ0) is 21.3. The first-order valence-corrected chi connectivity index (χ1v) is 9.69. The number of benzene rings is 1. The molecule has 0 spiro atoms. The van der Waals surface area contributed by atoms with Crippen molar-refractivity contribution in [3.05, 3.63) is 46.4 Å². The summed E-state index contributed by atoms with van der Waals surface area (Å²) in [5.74, 6) is 1.03. The molecule has 2 aromatic heterocycles. The molecule has 0 saturated carbocycles. The predicted octanol–water partition coefficient (Wildman–Crippen LogP) is 2.51. The SMILES string of the molecule is COc1cccc2cc(C(=O)Nc3cnc(N4CCCC4)nc3N(C)C)c(=O)oc12. The number of nitrogens with zero attached hydrogens (tertiary/aromatic N) is 4. The van der Waals surface area contributed by atoms with Gasteiger partial charge in [-0.2, -0.15) is 4.98 Å². The lowest BCUT2D eigenvalue weighted by Gasteiger charge is -2.21. The molecule has 0 unspecified atom stereocenters. The smallest absolute Gasteiger partial charge is 0.349 e. The first kappa shape index (κ1) is 19.7. The molecular weight excluding hydrogens is 386 g/mol. The normalized spacial score (nSPS) is 13.5. The number of amides is 1. The Morgan fingerprint density at radius 1 is 1.27 bits per heavy atom. The number of hydrogen-bond acceptors (Lipinski definition) is 8. The number of ether oxygens (including phenoxy) is 1. The first-order chi connectivity index (χ1) is 14.5. The molecule has 4 rings (SSSR count). The van der Waals surface area contributed by atoms with Crippen molar-refractivity contribution in [2.45, 2.75) is 12.8 Å². The number of nitrogens with one attached hydrogen (secondary N) is 1. The molecule has 1 aromatic carbocycles. The molecule has 0 bridgehead atoms. The van der Waals surface area contributed by atoms with E-state index in [0.717, 1.165) is 25.9 Å². The van der Waals surface area contributed by atoms with Crippen molar-refractivity contribution in [3.63, 3.8) is 0 Å². The van der Waals surface area contributed by atoms with Crippen LogP contribution in [0.4, 0.5) is 17.5 Å². The van der Waals surface area contributed by atoms with Crippen LogP contribution >= 0.6 is 0 Å². The summed E-state index contributed by atoms with van der Waals surface area (Å²) < 4.78 is 10.6. The minimum absolute atomic E-state index is 0.107. The van der Waals surface area contributed by atoms with Gasteiger partial charge in [0.25, 0.3) is 5.91 Å². The van der Waals surface area contributed by atoms with Crippen LogP contribution in [0.25, 0.3) is 11.0 Å². The van der Waals surface area contributed by atoms with E-state index in [-0.39, 0.29) is 5.56 Å². The highest BCUT2D eigenvalue weighted by Gasteiger charge is 2.21. The molecule has 1 saturated heterocycles. The Balaban J connectivity index is 1.66. The molecule has 0 atom stereocenters. The summed E-state index contributed by atoms with van der Waals surface area (Å²) >= 11 is 0. The second-order valence-electron chi connectivity index (χ2n) is 7.28. The van der Waals surface area contributed by atoms with Crippen molar-refractivity contribution < 1.29 is 13.9 Å². The lowest BCUT2D eigenvalue weighted by Crippen LogP contribution is -2.25. The Morgan fingerprint density at radius 2 is 2.03 bits per heavy atom. The first-order valence-electron chi connectivity index (χ1n) is 9.69. The Hall–Kier alpha value is -3.62. The third-order valence-corrected chi connectivity index (χ3v) is 5.01. The second-order valence-corrected chi connectivity index (χ2v) is 7.28. The molecule has 156 valence electrons. The standard InChI is InChI=1S/C21H23N5O4/c1-25(2)18-15(12-22-21(24-18)26-9-4-5-10-26)23-19(27)14-11-13-7-6-8-16(29-3)17(13)30-20(14)28/h6-8,11-12H,4-5,9-10H2,1-3H3,(H,23,27). The van der Waals surface area contributed by atoms with Crippen LogP contribution in [-0.4, -0.2) is 50.2 Å². The molecule has 0 aliphatic carbocycles. The van der Waals surface area contributed by atoms with E-state index in [1.54, 1.807) is 29.3 Å². The number of para-hydroxylation sites is 1. The Morgan fingerprint density at radius 3 is 2.73 bits per heavy atom. The van der Waals surface area contributed by atoms with E-state index in [1.807, 2.05) is 14.1 Å². The molecule has 3 aromatic rings. The number of fused-ring (bicyclic) bond motifs is 1. The van der Waals surface area contributed by atoms with Gasteiger partial charge >= 0.3 is 5.63 Å². The maximum Gasteiger partial charge on any atom is 0.349 e. The molecular formula is C21H23N5O4. The number of aromatic nitrogens is 2. The number of carbonyl (C=O) groups is 1. The van der Waals surface area contributed by atoms with Gasteiger partial charge in [-0.15, -0.1) is 0 Å². The quantitative estimate of drug-likeness (QED) is 0.642. The molecule has 1 aliphatic rings. The van der Waals surface area contributed by atoms with Crippen LogP contribution in [-0.2, 0) is 0 Å². The van der Waals surface area contributed by atoms with Gasteiger partial charge in [-0.05, 0) is 25.0 Å². The largest absolute Gasteiger partial charge is 0.493 e. The molecule has 1 amide bonds. The Bertz CT molecular complexity index is 1150. The topological polar surface area (TPSA) is 101 Å². The van der Waals surface area contributed by atoms with Crippen LogP contribution in [0.1, 0.15) is 23.2 Å². The highest BCUT2D eigenvalue weighted by atomic mass is 16.5. The molecule has 1 aliphatic heterocycles. The van der Waals surface area contributed by atoms with E-state index in [0.29, 0.717) is 34.2 Å². The lowest BCUT2D eigenvalue weighted by molar-refractivity contribution is 0.102. The monoisotopic (exact) mass is 409 g/mol. The molecule has 9 heteroatoms. The fraction of sp³-hybridized carbons (Fsp3) is 0.333. The summed E-state index contributed by atoms with van der Waals surface area (Å²) in [7, 11) is 5.16. The van der Waals surface area contributed by atoms with E-state index in [1.165, 1.54) is 13.2 Å². The fourth-order valence-electron chi connectivity index (χ4n) is 3.49. The third kappa shape index (κ3) is 3.66. The summed E-state index contributed by atoms with van der Waals surface area (Å²) in [5.41, 5.74) is -0.137. The third-order valence-electron chi connectivity index (χ3n) is 5.01. The van der Waals surface area contributed by atoms with Crippen molar-refractivity contribution in [3.8, 4) is 5.75 Å². The van der Waals surface area contributed by atoms with Gasteiger partial charge in [0.15, 0.2) is 17.2 Å². The van der Waals surface area contributed by atoms with Gasteiger partial charge < -0.3 is 24.3 Å². The Labute approximate surface area is 173 Å². The van der Waals surface area contributed by atoms with Gasteiger partial charge in [0.1, 0.15) is 11.3 Å². The van der Waals surface area contributed by atoms with E-state index in [9.17, 15) is 9.59 Å². The summed E-state index contributed by atoms with van der Waals surface area (Å²) in [6.07, 6.45) is 3.79. The van der Waals surface area contributed by atoms with E-state index < -0.39 is 11.5 Å². The van der Waals surface area contributed by atoms with Gasteiger partial charge in [-0.1, -0.05) is 12.1 Å². The summed E-state index contributed by atoms with van der Waals surface area (Å²) in [4.78, 5) is 38.2. The second kappa shape index (κ2) is 8.02. The maximum atomic E-state index is 12.9.